The van der Waals surface area contributed by atoms with Crippen LogP contribution in [0.3, 0.4) is 0 Å². The number of benzene rings is 1. The first-order valence-corrected chi connectivity index (χ1v) is 12.1. The van der Waals surface area contributed by atoms with Gasteiger partial charge in [-0.1, -0.05) is 31.0 Å². The van der Waals surface area contributed by atoms with E-state index in [0.29, 0.717) is 18.8 Å². The number of likely N-dealkylation sites (N-methyl/N-ethyl adjacent to an activating group) is 1. The van der Waals surface area contributed by atoms with Crippen molar-refractivity contribution in [2.45, 2.75) is 50.7 Å². The molecule has 0 bridgehead atoms. The number of rotatable bonds is 4. The van der Waals surface area contributed by atoms with E-state index in [2.05, 4.69) is 27.4 Å². The highest BCUT2D eigenvalue weighted by atomic mass is 16.2. The summed E-state index contributed by atoms with van der Waals surface area (Å²) < 4.78 is 1.53. The van der Waals surface area contributed by atoms with Gasteiger partial charge in [-0.05, 0) is 31.9 Å². The van der Waals surface area contributed by atoms with Crippen LogP contribution in [0, 0.1) is 0 Å². The van der Waals surface area contributed by atoms with Gasteiger partial charge in [0.1, 0.15) is 11.2 Å². The number of aromatic nitrogens is 2. The molecule has 1 aromatic carbocycles. The third-order valence-electron chi connectivity index (χ3n) is 7.59. The summed E-state index contributed by atoms with van der Waals surface area (Å²) in [5.74, 6) is -0.640. The fraction of sp³-hybridized carbons (Fsp3) is 0.520. The summed E-state index contributed by atoms with van der Waals surface area (Å²) in [6.45, 7) is 4.65. The number of para-hydroxylation sites is 1. The molecule has 3 amide bonds. The highest BCUT2D eigenvalue weighted by Crippen LogP contribution is 2.28. The maximum atomic E-state index is 13.2. The fourth-order valence-electron chi connectivity index (χ4n) is 5.21. The molecule has 3 heterocycles. The molecule has 2 aliphatic heterocycles. The largest absolute Gasteiger partial charge is 0.368 e. The Hall–Kier alpha value is -3.36. The topological polar surface area (TPSA) is 90.8 Å². The van der Waals surface area contributed by atoms with Gasteiger partial charge in [0.25, 0.3) is 11.8 Å². The standard InChI is InChI=1S/C25H32N6O3/c1-25(24(34)26-18-8-6-7-9-18)17-31-21(23(33)28(25)2)16-20(27-31)22(32)30-14-12-29(13-15-30)19-10-4-3-5-11-19/h3-5,10-11,16,18H,6-9,12-15,17H2,1-2H3,(H,26,34)/t25-/m1/s1. The van der Waals surface area contributed by atoms with Crippen molar-refractivity contribution in [1.29, 1.82) is 0 Å². The molecular weight excluding hydrogens is 432 g/mol. The first kappa shape index (κ1) is 22.4. The van der Waals surface area contributed by atoms with E-state index in [0.717, 1.165) is 44.5 Å². The SMILES string of the molecule is CN1C(=O)c2cc(C(=O)N3CCN(c4ccccc4)CC3)nn2C[C@]1(C)C(=O)NC1CCCC1. The lowest BCUT2D eigenvalue weighted by atomic mass is 9.95. The Labute approximate surface area is 199 Å². The Morgan fingerprint density at radius 3 is 2.41 bits per heavy atom. The number of anilines is 1. The molecule has 1 aliphatic carbocycles. The maximum absolute atomic E-state index is 13.2. The zero-order valence-electron chi connectivity index (χ0n) is 19.9. The van der Waals surface area contributed by atoms with E-state index >= 15 is 0 Å². The number of carbonyl (C=O) groups is 3. The number of carbonyl (C=O) groups excluding carboxylic acids is 3. The van der Waals surface area contributed by atoms with Crippen LogP contribution in [0.1, 0.15) is 53.6 Å². The van der Waals surface area contributed by atoms with E-state index in [1.807, 2.05) is 18.2 Å². The van der Waals surface area contributed by atoms with E-state index in [1.54, 1.807) is 24.9 Å². The van der Waals surface area contributed by atoms with Gasteiger partial charge in [0.05, 0.1) is 6.54 Å². The monoisotopic (exact) mass is 464 g/mol. The molecule has 1 N–H and O–H groups in total. The Bertz CT molecular complexity index is 1090. The van der Waals surface area contributed by atoms with E-state index < -0.39 is 5.54 Å². The number of piperazine rings is 1. The summed E-state index contributed by atoms with van der Waals surface area (Å²) in [6, 6.07) is 11.9. The van der Waals surface area contributed by atoms with Gasteiger partial charge in [-0.2, -0.15) is 5.10 Å². The highest BCUT2D eigenvalue weighted by Gasteiger charge is 2.47. The molecule has 1 aromatic heterocycles. The minimum atomic E-state index is -1.06. The summed E-state index contributed by atoms with van der Waals surface area (Å²) >= 11 is 0. The zero-order chi connectivity index (χ0) is 23.9. The van der Waals surface area contributed by atoms with Gasteiger partial charge >= 0.3 is 0 Å². The third-order valence-corrected chi connectivity index (χ3v) is 7.59. The molecule has 34 heavy (non-hydrogen) atoms. The van der Waals surface area contributed by atoms with Gasteiger partial charge in [-0.25, -0.2) is 0 Å². The lowest BCUT2D eigenvalue weighted by Crippen LogP contribution is -2.63. The average Bonchev–Trinajstić information content (AvgIpc) is 3.53. The summed E-state index contributed by atoms with van der Waals surface area (Å²) in [5.41, 5.74) is 0.696. The van der Waals surface area contributed by atoms with Crippen molar-refractivity contribution in [3.8, 4) is 0 Å². The lowest BCUT2D eigenvalue weighted by Gasteiger charge is -2.41. The molecular formula is C25H32N6O3. The third kappa shape index (κ3) is 3.93. The van der Waals surface area contributed by atoms with Crippen molar-refractivity contribution in [1.82, 2.24) is 24.9 Å². The van der Waals surface area contributed by atoms with Crippen molar-refractivity contribution in [3.05, 3.63) is 47.8 Å². The van der Waals surface area contributed by atoms with Crippen molar-refractivity contribution in [2.75, 3.05) is 38.1 Å². The Balaban J connectivity index is 1.29. The normalized spacial score (nSPS) is 23.2. The van der Waals surface area contributed by atoms with Crippen molar-refractivity contribution < 1.29 is 14.4 Å². The van der Waals surface area contributed by atoms with Crippen LogP contribution in [0.25, 0.3) is 0 Å². The molecule has 0 unspecified atom stereocenters. The van der Waals surface area contributed by atoms with Crippen LogP contribution in [0.2, 0.25) is 0 Å². The van der Waals surface area contributed by atoms with Gasteiger partial charge in [0.15, 0.2) is 5.69 Å². The molecule has 9 heteroatoms. The Morgan fingerprint density at radius 1 is 1.06 bits per heavy atom. The fourth-order valence-corrected chi connectivity index (χ4v) is 5.21. The molecule has 5 rings (SSSR count). The summed E-state index contributed by atoms with van der Waals surface area (Å²) in [7, 11) is 1.65. The molecule has 9 nitrogen and oxygen atoms in total. The van der Waals surface area contributed by atoms with Crippen LogP contribution in [-0.4, -0.2) is 82.1 Å². The number of amides is 3. The number of fused-ring (bicyclic) bond motifs is 1. The van der Waals surface area contributed by atoms with E-state index in [9.17, 15) is 14.4 Å². The first-order valence-electron chi connectivity index (χ1n) is 12.1. The number of nitrogens with zero attached hydrogens (tertiary/aromatic N) is 5. The second-order valence-electron chi connectivity index (χ2n) is 9.78. The number of hydrogen-bond acceptors (Lipinski definition) is 5. The van der Waals surface area contributed by atoms with Gasteiger partial charge in [0, 0.05) is 51.0 Å². The van der Waals surface area contributed by atoms with Crippen molar-refractivity contribution in [2.24, 2.45) is 0 Å². The molecule has 1 atom stereocenters. The Kier molecular flexibility index (Phi) is 5.79. The Morgan fingerprint density at radius 2 is 1.74 bits per heavy atom. The van der Waals surface area contributed by atoms with E-state index in [4.69, 9.17) is 0 Å². The molecule has 1 saturated carbocycles. The minimum absolute atomic E-state index is 0.165. The van der Waals surface area contributed by atoms with Crippen LogP contribution in [0.4, 0.5) is 5.69 Å². The maximum Gasteiger partial charge on any atom is 0.274 e. The molecule has 0 radical (unpaired) electrons. The molecule has 0 spiro atoms. The second-order valence-corrected chi connectivity index (χ2v) is 9.78. The predicted molar refractivity (Wildman–Crippen MR) is 128 cm³/mol. The lowest BCUT2D eigenvalue weighted by molar-refractivity contribution is -0.133. The molecule has 3 aliphatic rings. The molecule has 2 fully saturated rings. The van der Waals surface area contributed by atoms with E-state index in [-0.39, 0.29) is 36.0 Å². The first-order chi connectivity index (χ1) is 16.4. The van der Waals surface area contributed by atoms with Gasteiger partial charge in [-0.15, -0.1) is 0 Å². The average molecular weight is 465 g/mol. The zero-order valence-corrected chi connectivity index (χ0v) is 19.9. The number of nitrogens with one attached hydrogen (secondary N) is 1. The molecule has 2 aromatic rings. The quantitative estimate of drug-likeness (QED) is 0.745. The summed E-state index contributed by atoms with van der Waals surface area (Å²) in [5, 5.41) is 7.60. The molecule has 1 saturated heterocycles. The highest BCUT2D eigenvalue weighted by molar-refractivity contribution is 6.01. The van der Waals surface area contributed by atoms with Crippen molar-refractivity contribution in [3.63, 3.8) is 0 Å². The van der Waals surface area contributed by atoms with E-state index in [1.165, 1.54) is 9.58 Å². The van der Waals surface area contributed by atoms with Crippen LogP contribution < -0.4 is 10.2 Å². The van der Waals surface area contributed by atoms with Crippen LogP contribution in [0.15, 0.2) is 36.4 Å². The number of hydrogen-bond donors (Lipinski definition) is 1. The van der Waals surface area contributed by atoms with Crippen LogP contribution in [0.5, 0.6) is 0 Å². The second kappa shape index (κ2) is 8.77. The smallest absolute Gasteiger partial charge is 0.274 e. The van der Waals surface area contributed by atoms with Crippen LogP contribution >= 0.6 is 0 Å². The van der Waals surface area contributed by atoms with Crippen molar-refractivity contribution >= 4 is 23.4 Å². The minimum Gasteiger partial charge on any atom is -0.368 e. The molecule has 180 valence electrons. The van der Waals surface area contributed by atoms with Gasteiger partial charge in [0.2, 0.25) is 5.91 Å². The van der Waals surface area contributed by atoms with Crippen LogP contribution in [-0.2, 0) is 11.3 Å². The van der Waals surface area contributed by atoms with Gasteiger partial charge < -0.3 is 20.0 Å². The summed E-state index contributed by atoms with van der Waals surface area (Å²) in [4.78, 5) is 45.0. The summed E-state index contributed by atoms with van der Waals surface area (Å²) in [6.07, 6.45) is 4.18. The predicted octanol–water partition coefficient (Wildman–Crippen LogP) is 1.75. The van der Waals surface area contributed by atoms with Gasteiger partial charge in [-0.3, -0.25) is 19.1 Å².